The Morgan fingerprint density at radius 1 is 1.15 bits per heavy atom. The van der Waals surface area contributed by atoms with Crippen LogP contribution in [-0.4, -0.2) is 15.1 Å². The van der Waals surface area contributed by atoms with Crippen molar-refractivity contribution in [3.63, 3.8) is 0 Å². The molecule has 0 aromatic heterocycles. The number of hydrogen-bond acceptors (Lipinski definition) is 0. The number of rotatable bonds is 1. The van der Waals surface area contributed by atoms with E-state index in [1.54, 1.807) is 0 Å². The van der Waals surface area contributed by atoms with Crippen LogP contribution >= 0.6 is 0 Å². The third-order valence-corrected chi connectivity index (χ3v) is 2.98. The molecule has 0 amide bonds. The Balaban J connectivity index is 2.79. The normalized spacial score (nSPS) is 20.5. The molecule has 0 N–H and O–H groups in total. The van der Waals surface area contributed by atoms with Gasteiger partial charge in [-0.1, -0.05) is 32.5 Å². The predicted octanol–water partition coefficient (Wildman–Crippen LogP) is 3.25. The SMILES string of the molecule is C[Si](C)(C)C#CC1([B-](F)(F)F)CC1. The van der Waals surface area contributed by atoms with Gasteiger partial charge in [0.15, 0.2) is 0 Å². The lowest BCUT2D eigenvalue weighted by atomic mass is 9.69. The van der Waals surface area contributed by atoms with Crippen molar-refractivity contribution in [1.29, 1.82) is 0 Å². The fourth-order valence-corrected chi connectivity index (χ4v) is 1.60. The highest BCUT2D eigenvalue weighted by molar-refractivity contribution is 6.84. The monoisotopic (exact) mass is 205 g/mol. The first kappa shape index (κ1) is 10.7. The minimum absolute atomic E-state index is 0.216. The summed E-state index contributed by atoms with van der Waals surface area (Å²) >= 11 is 0. The second-order valence-corrected chi connectivity index (χ2v) is 9.48. The smallest absolute Gasteiger partial charge is 0.448 e. The summed E-state index contributed by atoms with van der Waals surface area (Å²) in [6.45, 7) is 1.12. The van der Waals surface area contributed by atoms with Crippen LogP contribution < -0.4 is 0 Å². The molecule has 0 nitrogen and oxygen atoms in total. The summed E-state index contributed by atoms with van der Waals surface area (Å²) in [6, 6.07) is 0. The fraction of sp³-hybridized carbons (Fsp3) is 0.750. The molecule has 0 aromatic rings. The summed E-state index contributed by atoms with van der Waals surface area (Å²) in [4.78, 5) is 0. The van der Waals surface area contributed by atoms with Gasteiger partial charge in [0.25, 0.3) is 0 Å². The van der Waals surface area contributed by atoms with Gasteiger partial charge in [-0.15, -0.1) is 11.5 Å². The summed E-state index contributed by atoms with van der Waals surface area (Å²) in [5.74, 6) is 2.46. The van der Waals surface area contributed by atoms with E-state index in [1.807, 2.05) is 19.6 Å². The maximum absolute atomic E-state index is 12.4. The molecule has 1 rings (SSSR count). The second-order valence-electron chi connectivity index (χ2n) is 4.73. The van der Waals surface area contributed by atoms with Crippen LogP contribution in [0.25, 0.3) is 0 Å². The number of hydrogen-bond donors (Lipinski definition) is 0. The molecule has 0 heterocycles. The molecular formula is C8H13BF3Si-. The van der Waals surface area contributed by atoms with Crippen molar-refractivity contribution in [1.82, 2.24) is 0 Å². The van der Waals surface area contributed by atoms with Gasteiger partial charge in [-0.2, -0.15) is 0 Å². The molecule has 1 saturated carbocycles. The maximum atomic E-state index is 12.4. The zero-order valence-corrected chi connectivity index (χ0v) is 9.13. The van der Waals surface area contributed by atoms with E-state index in [1.165, 1.54) is 0 Å². The Kier molecular flexibility index (Phi) is 2.32. The van der Waals surface area contributed by atoms with Gasteiger partial charge in [-0.25, -0.2) is 0 Å². The van der Waals surface area contributed by atoms with Crippen molar-refractivity contribution in [3.05, 3.63) is 0 Å². The Bertz CT molecular complexity index is 262. The highest BCUT2D eigenvalue weighted by atomic mass is 28.3. The topological polar surface area (TPSA) is 0 Å². The molecular weight excluding hydrogens is 192 g/mol. The summed E-state index contributed by atoms with van der Waals surface area (Å²) in [6.07, 6.45) is 0.433. The summed E-state index contributed by atoms with van der Waals surface area (Å²) in [7, 11) is -1.66. The van der Waals surface area contributed by atoms with Crippen LogP contribution in [0.3, 0.4) is 0 Å². The molecule has 0 radical (unpaired) electrons. The average molecular weight is 205 g/mol. The molecule has 1 aliphatic carbocycles. The Labute approximate surface area is 78.0 Å². The summed E-state index contributed by atoms with van der Waals surface area (Å²) < 4.78 is 37.3. The van der Waals surface area contributed by atoms with Crippen molar-refractivity contribution in [2.45, 2.75) is 37.8 Å². The zero-order valence-electron chi connectivity index (χ0n) is 8.13. The van der Waals surface area contributed by atoms with E-state index in [0.717, 1.165) is 0 Å². The molecule has 1 fully saturated rings. The van der Waals surface area contributed by atoms with E-state index in [2.05, 4.69) is 11.5 Å². The third kappa shape index (κ3) is 2.54. The molecule has 1 aliphatic rings. The second kappa shape index (κ2) is 2.81. The molecule has 0 spiro atoms. The molecule has 0 aromatic carbocycles. The lowest BCUT2D eigenvalue weighted by Gasteiger charge is -2.21. The van der Waals surface area contributed by atoms with E-state index < -0.39 is 20.4 Å². The first-order chi connectivity index (χ1) is 5.66. The van der Waals surface area contributed by atoms with Crippen LogP contribution in [0, 0.1) is 11.5 Å². The van der Waals surface area contributed by atoms with Gasteiger partial charge < -0.3 is 12.9 Å². The quantitative estimate of drug-likeness (QED) is 0.455. The van der Waals surface area contributed by atoms with Crippen molar-refractivity contribution >= 4 is 15.1 Å². The minimum Gasteiger partial charge on any atom is -0.448 e. The van der Waals surface area contributed by atoms with Crippen LogP contribution in [0.1, 0.15) is 12.8 Å². The Morgan fingerprint density at radius 3 is 1.85 bits per heavy atom. The van der Waals surface area contributed by atoms with Crippen molar-refractivity contribution in [3.8, 4) is 11.5 Å². The van der Waals surface area contributed by atoms with E-state index in [4.69, 9.17) is 0 Å². The summed E-state index contributed by atoms with van der Waals surface area (Å²) in [5, 5.41) is -1.57. The van der Waals surface area contributed by atoms with Gasteiger partial charge in [-0.3, -0.25) is 0 Å². The Hall–Kier alpha value is -0.368. The van der Waals surface area contributed by atoms with Crippen LogP contribution in [0.2, 0.25) is 25.0 Å². The van der Waals surface area contributed by atoms with Crippen LogP contribution in [-0.2, 0) is 0 Å². The van der Waals surface area contributed by atoms with Crippen molar-refractivity contribution in [2.75, 3.05) is 0 Å². The van der Waals surface area contributed by atoms with Gasteiger partial charge in [-0.05, 0) is 0 Å². The van der Waals surface area contributed by atoms with Gasteiger partial charge in [0.2, 0.25) is 0 Å². The van der Waals surface area contributed by atoms with Gasteiger partial charge in [0, 0.05) is 5.31 Å². The predicted molar refractivity (Wildman–Crippen MR) is 52.1 cm³/mol. The van der Waals surface area contributed by atoms with E-state index >= 15 is 0 Å². The van der Waals surface area contributed by atoms with Gasteiger partial charge in [0.1, 0.15) is 8.07 Å². The molecule has 13 heavy (non-hydrogen) atoms. The van der Waals surface area contributed by atoms with E-state index in [9.17, 15) is 12.9 Å². The fourth-order valence-electron chi connectivity index (χ4n) is 0.981. The largest absolute Gasteiger partial charge is 0.496 e. The standard InChI is InChI=1S/C8H13BF3Si/c1-13(2,3)7-6-8(4-5-8)9(10,11)12/h4-5H2,1-3H3/q-1. The minimum atomic E-state index is -4.76. The molecule has 0 saturated heterocycles. The molecule has 0 bridgehead atoms. The van der Waals surface area contributed by atoms with Gasteiger partial charge in [0.05, 0.1) is 0 Å². The Morgan fingerprint density at radius 2 is 1.62 bits per heavy atom. The average Bonchev–Trinajstić information content (AvgIpc) is 2.58. The van der Waals surface area contributed by atoms with Crippen molar-refractivity contribution < 1.29 is 12.9 Å². The highest BCUT2D eigenvalue weighted by Crippen LogP contribution is 2.61. The lowest BCUT2D eigenvalue weighted by molar-refractivity contribution is 0.448. The first-order valence-electron chi connectivity index (χ1n) is 4.40. The third-order valence-electron chi connectivity index (χ3n) is 2.10. The van der Waals surface area contributed by atoms with E-state index in [0.29, 0.717) is 0 Å². The number of halogens is 3. The molecule has 0 atom stereocenters. The van der Waals surface area contributed by atoms with E-state index in [-0.39, 0.29) is 12.8 Å². The van der Waals surface area contributed by atoms with Gasteiger partial charge >= 0.3 is 6.98 Å². The lowest BCUT2D eigenvalue weighted by Crippen LogP contribution is -2.25. The molecule has 0 aliphatic heterocycles. The van der Waals surface area contributed by atoms with Crippen LogP contribution in [0.5, 0.6) is 0 Å². The molecule has 74 valence electrons. The van der Waals surface area contributed by atoms with Crippen LogP contribution in [0.4, 0.5) is 12.9 Å². The summed E-state index contributed by atoms with van der Waals surface area (Å²) in [5.41, 5.74) is 2.82. The molecule has 5 heteroatoms. The van der Waals surface area contributed by atoms with Crippen molar-refractivity contribution in [2.24, 2.45) is 0 Å². The van der Waals surface area contributed by atoms with Crippen LogP contribution in [0.15, 0.2) is 0 Å². The maximum Gasteiger partial charge on any atom is 0.496 e. The first-order valence-corrected chi connectivity index (χ1v) is 7.90. The highest BCUT2D eigenvalue weighted by Gasteiger charge is 2.57. The zero-order chi connectivity index (χ0) is 10.3. The molecule has 0 unspecified atom stereocenters.